The van der Waals surface area contributed by atoms with Gasteiger partial charge in [0, 0.05) is 38.3 Å². The molecule has 5 aromatic rings. The topological polar surface area (TPSA) is 28.9 Å². The van der Waals surface area contributed by atoms with Gasteiger partial charge in [0.15, 0.2) is 0 Å². The van der Waals surface area contributed by atoms with Crippen LogP contribution in [0.5, 0.6) is 0 Å². The van der Waals surface area contributed by atoms with Gasteiger partial charge in [0.2, 0.25) is 0 Å². The Kier molecular flexibility index (Phi) is 2.42. The van der Waals surface area contributed by atoms with Gasteiger partial charge >= 0.3 is 0 Å². The normalized spacial score (nSPS) is 16.4. The van der Waals surface area contributed by atoms with Crippen LogP contribution in [0.4, 0.5) is 0 Å². The van der Waals surface area contributed by atoms with E-state index in [2.05, 4.69) is 72.6 Å². The van der Waals surface area contributed by atoms with E-state index in [-0.39, 0.29) is 0 Å². The summed E-state index contributed by atoms with van der Waals surface area (Å²) in [4.78, 5) is 3.56. The first-order valence-corrected chi connectivity index (χ1v) is 8.85. The van der Waals surface area contributed by atoms with Crippen molar-refractivity contribution in [3.8, 4) is 11.3 Å². The van der Waals surface area contributed by atoms with Crippen LogP contribution in [0.1, 0.15) is 24.0 Å². The van der Waals surface area contributed by atoms with Crippen LogP contribution in [0.25, 0.3) is 44.1 Å². The van der Waals surface area contributed by atoms with E-state index in [1.807, 2.05) is 0 Å². The number of rotatable bonds is 0. The van der Waals surface area contributed by atoms with Gasteiger partial charge in [-0.1, -0.05) is 49.4 Å². The van der Waals surface area contributed by atoms with Gasteiger partial charge in [0.1, 0.15) is 11.3 Å². The first-order valence-electron chi connectivity index (χ1n) is 8.85. The number of para-hydroxylation sites is 1. The largest absolute Gasteiger partial charge is 0.456 e. The third-order valence-electron chi connectivity index (χ3n) is 5.66. The molecule has 0 aliphatic heterocycles. The molecule has 0 saturated carbocycles. The molecule has 1 atom stereocenters. The fourth-order valence-corrected chi connectivity index (χ4v) is 4.46. The molecular formula is C23H17NO. The number of nitrogens with one attached hydrogen (secondary N) is 1. The molecule has 1 N–H and O–H groups in total. The quantitative estimate of drug-likeness (QED) is 0.351. The van der Waals surface area contributed by atoms with Gasteiger partial charge in [-0.2, -0.15) is 0 Å². The van der Waals surface area contributed by atoms with Gasteiger partial charge in [0.25, 0.3) is 0 Å². The lowest BCUT2D eigenvalue weighted by Gasteiger charge is -2.21. The first-order chi connectivity index (χ1) is 12.3. The molecule has 0 saturated heterocycles. The number of hydrogen-bond acceptors (Lipinski definition) is 1. The Morgan fingerprint density at radius 1 is 0.880 bits per heavy atom. The van der Waals surface area contributed by atoms with E-state index in [1.54, 1.807) is 0 Å². The average molecular weight is 323 g/mol. The lowest BCUT2D eigenvalue weighted by molar-refractivity contribution is 0.611. The van der Waals surface area contributed by atoms with Gasteiger partial charge in [-0.3, -0.25) is 0 Å². The number of hydrogen-bond donors (Lipinski definition) is 1. The highest BCUT2D eigenvalue weighted by Crippen LogP contribution is 2.45. The molecule has 0 spiro atoms. The molecule has 25 heavy (non-hydrogen) atoms. The second-order valence-corrected chi connectivity index (χ2v) is 7.17. The summed E-state index contributed by atoms with van der Waals surface area (Å²) in [6, 6.07) is 21.6. The number of aromatic amines is 1. The van der Waals surface area contributed by atoms with Crippen molar-refractivity contribution in [3.63, 3.8) is 0 Å². The van der Waals surface area contributed by atoms with E-state index in [0.717, 1.165) is 17.8 Å². The van der Waals surface area contributed by atoms with Crippen molar-refractivity contribution in [2.24, 2.45) is 0 Å². The molecule has 0 radical (unpaired) electrons. The Hall–Kier alpha value is -3.00. The van der Waals surface area contributed by atoms with Crippen LogP contribution in [0.3, 0.4) is 0 Å². The number of aromatic nitrogens is 1. The summed E-state index contributed by atoms with van der Waals surface area (Å²) >= 11 is 0. The van der Waals surface area contributed by atoms with E-state index in [1.165, 1.54) is 43.9 Å². The van der Waals surface area contributed by atoms with Crippen LogP contribution >= 0.6 is 0 Å². The summed E-state index contributed by atoms with van der Waals surface area (Å²) < 4.78 is 6.38. The summed E-state index contributed by atoms with van der Waals surface area (Å²) in [5, 5.41) is 3.73. The van der Waals surface area contributed by atoms with Crippen molar-refractivity contribution in [1.82, 2.24) is 4.98 Å². The molecule has 3 aromatic carbocycles. The molecular weight excluding hydrogens is 306 g/mol. The maximum atomic E-state index is 6.38. The van der Waals surface area contributed by atoms with Crippen LogP contribution < -0.4 is 0 Å². The van der Waals surface area contributed by atoms with Gasteiger partial charge in [-0.15, -0.1) is 0 Å². The second-order valence-electron chi connectivity index (χ2n) is 7.17. The summed E-state index contributed by atoms with van der Waals surface area (Å²) in [7, 11) is 0. The van der Waals surface area contributed by atoms with E-state index >= 15 is 0 Å². The monoisotopic (exact) mass is 323 g/mol. The van der Waals surface area contributed by atoms with Crippen molar-refractivity contribution in [2.75, 3.05) is 0 Å². The third-order valence-corrected chi connectivity index (χ3v) is 5.66. The van der Waals surface area contributed by atoms with Crippen molar-refractivity contribution >= 4 is 32.8 Å². The van der Waals surface area contributed by atoms with Gasteiger partial charge in [-0.05, 0) is 36.1 Å². The molecule has 1 unspecified atom stereocenters. The van der Waals surface area contributed by atoms with Gasteiger partial charge < -0.3 is 9.40 Å². The average Bonchev–Trinajstić information content (AvgIpc) is 3.18. The zero-order chi connectivity index (χ0) is 16.5. The zero-order valence-corrected chi connectivity index (χ0v) is 14.0. The fourth-order valence-electron chi connectivity index (χ4n) is 4.46. The van der Waals surface area contributed by atoms with Crippen molar-refractivity contribution in [2.45, 2.75) is 19.3 Å². The highest BCUT2D eigenvalue weighted by atomic mass is 16.3. The van der Waals surface area contributed by atoms with E-state index in [4.69, 9.17) is 4.42 Å². The summed E-state index contributed by atoms with van der Waals surface area (Å²) in [6.45, 7) is 2.31. The smallest absolute Gasteiger partial charge is 0.138 e. The predicted molar refractivity (Wildman–Crippen MR) is 103 cm³/mol. The minimum Gasteiger partial charge on any atom is -0.456 e. The molecule has 6 rings (SSSR count). The summed E-state index contributed by atoms with van der Waals surface area (Å²) in [5.74, 6) is 1.57. The highest BCUT2D eigenvalue weighted by Gasteiger charge is 2.27. The Bertz CT molecular complexity index is 1290. The van der Waals surface area contributed by atoms with E-state index in [0.29, 0.717) is 5.92 Å². The minimum absolute atomic E-state index is 0.517. The van der Waals surface area contributed by atoms with Crippen molar-refractivity contribution in [1.29, 1.82) is 0 Å². The molecule has 120 valence electrons. The highest BCUT2D eigenvalue weighted by molar-refractivity contribution is 6.12. The minimum atomic E-state index is 0.517. The fraction of sp³-hybridized carbons (Fsp3) is 0.130. The molecule has 0 amide bonds. The SMILES string of the molecule is CC1Cc2c(oc3cc4c(cc23)[nH]c2ccccc24)-c2ccccc21. The zero-order valence-electron chi connectivity index (χ0n) is 14.0. The Morgan fingerprint density at radius 3 is 2.68 bits per heavy atom. The first kappa shape index (κ1) is 13.3. The van der Waals surface area contributed by atoms with E-state index < -0.39 is 0 Å². The van der Waals surface area contributed by atoms with Crippen LogP contribution in [-0.4, -0.2) is 4.98 Å². The van der Waals surface area contributed by atoms with Crippen molar-refractivity contribution in [3.05, 3.63) is 71.8 Å². The lowest BCUT2D eigenvalue weighted by atomic mass is 9.82. The second kappa shape index (κ2) is 4.54. The molecule has 0 fully saturated rings. The third kappa shape index (κ3) is 1.69. The Morgan fingerprint density at radius 2 is 1.72 bits per heavy atom. The summed E-state index contributed by atoms with van der Waals surface area (Å²) in [6.07, 6.45) is 1.03. The molecule has 1 aliphatic carbocycles. The molecule has 2 nitrogen and oxygen atoms in total. The predicted octanol–water partition coefficient (Wildman–Crippen LogP) is 6.39. The maximum absolute atomic E-state index is 6.38. The Balaban J connectivity index is 1.72. The maximum Gasteiger partial charge on any atom is 0.138 e. The van der Waals surface area contributed by atoms with Gasteiger partial charge in [0.05, 0.1) is 0 Å². The van der Waals surface area contributed by atoms with Crippen LogP contribution in [0, 0.1) is 0 Å². The molecule has 0 bridgehead atoms. The van der Waals surface area contributed by atoms with Crippen LogP contribution in [0.15, 0.2) is 65.1 Å². The molecule has 1 aliphatic rings. The number of furan rings is 1. The van der Waals surface area contributed by atoms with Crippen molar-refractivity contribution < 1.29 is 4.42 Å². The van der Waals surface area contributed by atoms with Gasteiger partial charge in [-0.25, -0.2) is 0 Å². The number of benzene rings is 3. The Labute approximate surface area is 145 Å². The number of H-pyrrole nitrogens is 1. The summed E-state index contributed by atoms with van der Waals surface area (Å²) in [5.41, 5.74) is 7.35. The van der Waals surface area contributed by atoms with Crippen LogP contribution in [-0.2, 0) is 6.42 Å². The number of fused-ring (bicyclic) bond motifs is 8. The molecule has 2 aromatic heterocycles. The molecule has 2 heteroatoms. The standard InChI is InChI=1S/C23H17NO/c1-13-10-19-18-11-21-17(15-7-4-5-9-20(15)24-21)12-22(18)25-23(19)16-8-3-2-6-14(13)16/h2-9,11-13,24H,10H2,1H3. The lowest BCUT2D eigenvalue weighted by Crippen LogP contribution is -2.06. The van der Waals surface area contributed by atoms with E-state index in [9.17, 15) is 0 Å². The molecule has 2 heterocycles. The van der Waals surface area contributed by atoms with Crippen LogP contribution in [0.2, 0.25) is 0 Å².